The first kappa shape index (κ1) is 15.4. The van der Waals surface area contributed by atoms with E-state index in [2.05, 4.69) is 0 Å². The minimum Gasteiger partial charge on any atom is -0.452 e. The van der Waals surface area contributed by atoms with Crippen molar-refractivity contribution >= 4 is 5.78 Å². The average molecular weight is 310 g/mol. The molecule has 2 nitrogen and oxygen atoms in total. The maximum Gasteiger partial charge on any atom is 0.454 e. The Balaban J connectivity index is 2.24. The Morgan fingerprint density at radius 1 is 1.10 bits per heavy atom. The van der Waals surface area contributed by atoms with E-state index in [4.69, 9.17) is 4.74 Å². The van der Waals surface area contributed by atoms with E-state index in [0.29, 0.717) is 18.1 Å². The Labute approximate surface area is 115 Å². The quantitative estimate of drug-likeness (QED) is 0.566. The molecule has 0 amide bonds. The third-order valence-electron chi connectivity index (χ3n) is 2.89. The van der Waals surface area contributed by atoms with Crippen molar-refractivity contribution < 1.29 is 35.9 Å². The van der Waals surface area contributed by atoms with Gasteiger partial charge < -0.3 is 4.74 Å². The van der Waals surface area contributed by atoms with E-state index in [-0.39, 0.29) is 17.8 Å². The van der Waals surface area contributed by atoms with Crippen LogP contribution >= 0.6 is 0 Å². The first-order valence-electron chi connectivity index (χ1n) is 5.77. The zero-order valence-corrected chi connectivity index (χ0v) is 10.3. The second-order valence-corrected chi connectivity index (χ2v) is 4.37. The Hall–Kier alpha value is -1.99. The first-order chi connectivity index (χ1) is 9.59. The van der Waals surface area contributed by atoms with Crippen molar-refractivity contribution in [3.63, 3.8) is 0 Å². The van der Waals surface area contributed by atoms with Crippen molar-refractivity contribution in [2.24, 2.45) is 0 Å². The minimum atomic E-state index is -5.01. The predicted octanol–water partition coefficient (Wildman–Crippen LogP) is 4.12. The fourth-order valence-electron chi connectivity index (χ4n) is 1.90. The van der Waals surface area contributed by atoms with Crippen LogP contribution in [0.15, 0.2) is 47.0 Å². The number of halogens is 6. The lowest BCUT2D eigenvalue weighted by atomic mass is 10.1. The molecule has 2 rings (SSSR count). The summed E-state index contributed by atoms with van der Waals surface area (Å²) in [6, 6.07) is 0. The smallest absolute Gasteiger partial charge is 0.452 e. The van der Waals surface area contributed by atoms with E-state index in [9.17, 15) is 31.1 Å². The number of hydrogen-bond donors (Lipinski definition) is 0. The van der Waals surface area contributed by atoms with Crippen LogP contribution in [0.25, 0.3) is 0 Å². The molecule has 0 atom stereocenters. The molecular formula is C13H8F6O2. The van der Waals surface area contributed by atoms with Gasteiger partial charge in [-0.05, 0) is 36.1 Å². The molecular weight excluding hydrogens is 302 g/mol. The molecule has 0 saturated heterocycles. The van der Waals surface area contributed by atoms with Crippen LogP contribution in [-0.4, -0.2) is 18.1 Å². The van der Waals surface area contributed by atoms with E-state index < -0.39 is 23.9 Å². The molecule has 0 unspecified atom stereocenters. The lowest BCUT2D eigenvalue weighted by Gasteiger charge is -2.18. The first-order valence-corrected chi connectivity index (χ1v) is 5.77. The summed E-state index contributed by atoms with van der Waals surface area (Å²) in [6.45, 7) is 0. The number of fused-ring (bicyclic) bond motifs is 1. The Kier molecular flexibility index (Phi) is 3.73. The molecule has 2 aliphatic rings. The third kappa shape index (κ3) is 3.37. The summed E-state index contributed by atoms with van der Waals surface area (Å²) in [5.41, 5.74) is 0.593. The lowest BCUT2D eigenvalue weighted by molar-refractivity contribution is -0.165. The molecule has 21 heavy (non-hydrogen) atoms. The summed E-state index contributed by atoms with van der Waals surface area (Å²) in [6.07, 6.45) is -6.01. The van der Waals surface area contributed by atoms with Crippen molar-refractivity contribution in [1.82, 2.24) is 0 Å². The van der Waals surface area contributed by atoms with Gasteiger partial charge in [0.1, 0.15) is 5.76 Å². The highest BCUT2D eigenvalue weighted by Crippen LogP contribution is 2.40. The third-order valence-corrected chi connectivity index (χ3v) is 2.89. The van der Waals surface area contributed by atoms with Crippen LogP contribution in [0.1, 0.15) is 12.8 Å². The molecule has 0 bridgehead atoms. The van der Waals surface area contributed by atoms with Crippen LogP contribution in [0, 0.1) is 0 Å². The highest BCUT2D eigenvalue weighted by molar-refractivity contribution is 5.94. The van der Waals surface area contributed by atoms with Gasteiger partial charge in [-0.2, -0.15) is 26.3 Å². The highest BCUT2D eigenvalue weighted by Gasteiger charge is 2.40. The van der Waals surface area contributed by atoms with Gasteiger partial charge in [-0.3, -0.25) is 4.79 Å². The van der Waals surface area contributed by atoms with Gasteiger partial charge in [0, 0.05) is 0 Å². The summed E-state index contributed by atoms with van der Waals surface area (Å²) in [7, 11) is 0. The van der Waals surface area contributed by atoms with E-state index in [1.165, 1.54) is 6.08 Å². The fraction of sp³-hybridized carbons (Fsp3) is 0.308. The van der Waals surface area contributed by atoms with Crippen molar-refractivity contribution in [2.75, 3.05) is 0 Å². The molecule has 0 saturated carbocycles. The predicted molar refractivity (Wildman–Crippen MR) is 59.8 cm³/mol. The molecule has 0 N–H and O–H groups in total. The van der Waals surface area contributed by atoms with Gasteiger partial charge in [-0.1, -0.05) is 12.2 Å². The monoisotopic (exact) mass is 310 g/mol. The number of ether oxygens (including phenoxy) is 1. The normalized spacial score (nSPS) is 19.3. The maximum absolute atomic E-state index is 12.5. The van der Waals surface area contributed by atoms with Crippen LogP contribution in [0.2, 0.25) is 0 Å². The van der Waals surface area contributed by atoms with Gasteiger partial charge in [0.15, 0.2) is 0 Å². The van der Waals surface area contributed by atoms with Crippen LogP contribution in [0.3, 0.4) is 0 Å². The van der Waals surface area contributed by atoms with Crippen LogP contribution < -0.4 is 0 Å². The van der Waals surface area contributed by atoms with Gasteiger partial charge in [-0.25, -0.2) is 0 Å². The van der Waals surface area contributed by atoms with E-state index in [0.717, 1.165) is 12.2 Å². The summed E-state index contributed by atoms with van der Waals surface area (Å²) >= 11 is 0. The largest absolute Gasteiger partial charge is 0.454 e. The summed E-state index contributed by atoms with van der Waals surface area (Å²) < 4.78 is 78.5. The van der Waals surface area contributed by atoms with Gasteiger partial charge in [-0.15, -0.1) is 0 Å². The summed E-state index contributed by atoms with van der Waals surface area (Å²) in [5.74, 6) is -3.44. The van der Waals surface area contributed by atoms with Gasteiger partial charge in [0.05, 0.1) is 0 Å². The highest BCUT2D eigenvalue weighted by atomic mass is 19.4. The number of carbonyl (C=O) groups is 1. The molecule has 0 aromatic carbocycles. The van der Waals surface area contributed by atoms with Crippen LogP contribution in [0.4, 0.5) is 26.3 Å². The second kappa shape index (κ2) is 5.09. The average Bonchev–Trinajstić information content (AvgIpc) is 2.76. The molecule has 1 heterocycles. The molecule has 0 fully saturated rings. The molecule has 0 aromatic rings. The number of rotatable bonds is 2. The van der Waals surface area contributed by atoms with Crippen molar-refractivity contribution in [3.8, 4) is 0 Å². The standard InChI is InChI=1S/C13H8F6O2/c14-12(15,16)9(20)5-3-7-1-2-8-4-6-10(13(17,18)19)21-11(7)8/h3-6H,1-2H2. The molecule has 1 aliphatic heterocycles. The molecule has 0 radical (unpaired) electrons. The molecule has 1 aliphatic carbocycles. The van der Waals surface area contributed by atoms with E-state index in [1.807, 2.05) is 0 Å². The van der Waals surface area contributed by atoms with Gasteiger partial charge in [0.25, 0.3) is 5.78 Å². The molecule has 0 spiro atoms. The SMILES string of the molecule is O=C(C=CC1=C2OC(C(F)(F)F)=CC=C2CC1)C(F)(F)F. The molecule has 114 valence electrons. The maximum atomic E-state index is 12.5. The van der Waals surface area contributed by atoms with E-state index >= 15 is 0 Å². The van der Waals surface area contributed by atoms with Crippen molar-refractivity contribution in [2.45, 2.75) is 25.2 Å². The van der Waals surface area contributed by atoms with Crippen molar-refractivity contribution in [1.29, 1.82) is 0 Å². The van der Waals surface area contributed by atoms with Gasteiger partial charge in [0.2, 0.25) is 5.76 Å². The Morgan fingerprint density at radius 2 is 1.76 bits per heavy atom. The fourth-order valence-corrected chi connectivity index (χ4v) is 1.90. The van der Waals surface area contributed by atoms with Crippen molar-refractivity contribution in [3.05, 3.63) is 47.0 Å². The number of carbonyl (C=O) groups excluding carboxylic acids is 1. The van der Waals surface area contributed by atoms with Crippen LogP contribution in [-0.2, 0) is 9.53 Å². The molecule has 0 aromatic heterocycles. The molecule has 8 heteroatoms. The number of ketones is 1. The summed E-state index contributed by atoms with van der Waals surface area (Å²) in [5, 5.41) is 0. The zero-order chi connectivity index (χ0) is 15.8. The topological polar surface area (TPSA) is 26.3 Å². The second-order valence-electron chi connectivity index (χ2n) is 4.37. The van der Waals surface area contributed by atoms with E-state index in [1.54, 1.807) is 0 Å². The minimum absolute atomic E-state index is 0.129. The Bertz CT molecular complexity index is 587. The lowest BCUT2D eigenvalue weighted by Crippen LogP contribution is -2.20. The van der Waals surface area contributed by atoms with Gasteiger partial charge >= 0.3 is 12.4 Å². The number of hydrogen-bond acceptors (Lipinski definition) is 2. The number of alkyl halides is 6. The Morgan fingerprint density at radius 3 is 2.33 bits per heavy atom. The summed E-state index contributed by atoms with van der Waals surface area (Å²) in [4.78, 5) is 10.7. The number of allylic oxidation sites excluding steroid dienone is 7. The van der Waals surface area contributed by atoms with Crippen LogP contribution in [0.5, 0.6) is 0 Å². The zero-order valence-electron chi connectivity index (χ0n) is 10.3.